The Labute approximate surface area is 119 Å². The number of methoxy groups -OCH3 is 1. The summed E-state index contributed by atoms with van der Waals surface area (Å²) in [6.45, 7) is 2.34. The largest absolute Gasteiger partial charge is 0.473 e. The Hall–Kier alpha value is -1.18. The molecule has 0 aliphatic rings. The third-order valence-corrected chi connectivity index (χ3v) is 2.80. The summed E-state index contributed by atoms with van der Waals surface area (Å²) in [5.74, 6) is 0.500. The fraction of sp³-hybridized carbons (Fsp3) is 0.500. The van der Waals surface area contributed by atoms with Crippen molar-refractivity contribution in [1.82, 2.24) is 14.4 Å². The number of aromatic nitrogens is 3. The molecule has 0 radical (unpaired) electrons. The van der Waals surface area contributed by atoms with E-state index in [2.05, 4.69) is 25.9 Å². The van der Waals surface area contributed by atoms with Crippen LogP contribution in [0, 0.1) is 0 Å². The predicted octanol–water partition coefficient (Wildman–Crippen LogP) is 1.92. The molecule has 7 heteroatoms. The highest BCUT2D eigenvalue weighted by molar-refractivity contribution is 9.10. The fourth-order valence-electron chi connectivity index (χ4n) is 1.57. The molecule has 0 aliphatic heterocycles. The van der Waals surface area contributed by atoms with Gasteiger partial charge in [-0.1, -0.05) is 0 Å². The zero-order valence-electron chi connectivity index (χ0n) is 10.7. The van der Waals surface area contributed by atoms with Crippen molar-refractivity contribution in [1.29, 1.82) is 0 Å². The molecule has 2 heterocycles. The lowest BCUT2D eigenvalue weighted by Gasteiger charge is -2.07. The molecule has 2 aromatic heterocycles. The Balaban J connectivity index is 1.79. The van der Waals surface area contributed by atoms with Gasteiger partial charge in [0.25, 0.3) is 5.88 Å². The van der Waals surface area contributed by atoms with Crippen LogP contribution < -0.4 is 4.74 Å². The number of halogens is 1. The lowest BCUT2D eigenvalue weighted by molar-refractivity contribution is 0.0798. The van der Waals surface area contributed by atoms with Crippen LogP contribution in [0.5, 0.6) is 5.88 Å². The van der Waals surface area contributed by atoms with Gasteiger partial charge in [-0.3, -0.25) is 4.40 Å². The third-order valence-electron chi connectivity index (χ3n) is 2.42. The minimum Gasteiger partial charge on any atom is -0.473 e. The second-order valence-corrected chi connectivity index (χ2v) is 4.65. The maximum atomic E-state index is 5.58. The van der Waals surface area contributed by atoms with Gasteiger partial charge in [0.1, 0.15) is 11.2 Å². The first-order valence-corrected chi connectivity index (χ1v) is 6.79. The number of ether oxygens (including phenoxy) is 3. The molecule has 2 rings (SSSR count). The molecule has 0 aromatic carbocycles. The molecule has 6 nitrogen and oxygen atoms in total. The number of hydrogen-bond acceptors (Lipinski definition) is 5. The molecular formula is C12H16BrN3O3. The molecule has 0 atom stereocenters. The first-order valence-electron chi connectivity index (χ1n) is 6.00. The third kappa shape index (κ3) is 4.15. The van der Waals surface area contributed by atoms with Crippen LogP contribution in [0.1, 0.15) is 6.42 Å². The highest BCUT2D eigenvalue weighted by atomic mass is 79.9. The first kappa shape index (κ1) is 14.2. The van der Waals surface area contributed by atoms with Crippen molar-refractivity contribution in [3.63, 3.8) is 0 Å². The van der Waals surface area contributed by atoms with E-state index in [9.17, 15) is 0 Å². The zero-order chi connectivity index (χ0) is 13.5. The first-order chi connectivity index (χ1) is 9.31. The molecule has 0 N–H and O–H groups in total. The number of hydrogen-bond donors (Lipinski definition) is 0. The molecule has 104 valence electrons. The van der Waals surface area contributed by atoms with E-state index in [0.717, 1.165) is 6.42 Å². The summed E-state index contributed by atoms with van der Waals surface area (Å²) in [5.41, 5.74) is 0.697. The van der Waals surface area contributed by atoms with Gasteiger partial charge < -0.3 is 14.2 Å². The van der Waals surface area contributed by atoms with Gasteiger partial charge in [0.2, 0.25) is 5.65 Å². The van der Waals surface area contributed by atoms with E-state index in [4.69, 9.17) is 14.2 Å². The summed E-state index contributed by atoms with van der Waals surface area (Å²) in [6.07, 6.45) is 6.26. The summed E-state index contributed by atoms with van der Waals surface area (Å²) >= 11 is 3.33. The summed E-state index contributed by atoms with van der Waals surface area (Å²) in [7, 11) is 1.68. The summed E-state index contributed by atoms with van der Waals surface area (Å²) < 4.78 is 18.5. The van der Waals surface area contributed by atoms with Gasteiger partial charge in [-0.15, -0.1) is 0 Å². The number of rotatable bonds is 8. The number of nitrogens with zero attached hydrogens (tertiary/aromatic N) is 3. The van der Waals surface area contributed by atoms with Gasteiger partial charge in [-0.25, -0.2) is 9.97 Å². The molecule has 0 unspecified atom stereocenters. The lowest BCUT2D eigenvalue weighted by atomic mass is 10.5. The molecule has 2 aromatic rings. The Morgan fingerprint density at radius 1 is 1.26 bits per heavy atom. The van der Waals surface area contributed by atoms with Crippen molar-refractivity contribution >= 4 is 21.6 Å². The maximum absolute atomic E-state index is 5.58. The van der Waals surface area contributed by atoms with Crippen molar-refractivity contribution in [3.8, 4) is 5.88 Å². The van der Waals surface area contributed by atoms with Crippen LogP contribution in [-0.4, -0.2) is 47.9 Å². The van der Waals surface area contributed by atoms with Crippen LogP contribution in [0.3, 0.4) is 0 Å². The fourth-order valence-corrected chi connectivity index (χ4v) is 1.96. The summed E-state index contributed by atoms with van der Waals surface area (Å²) in [4.78, 5) is 8.45. The van der Waals surface area contributed by atoms with Gasteiger partial charge in [-0.05, 0) is 22.4 Å². The summed E-state index contributed by atoms with van der Waals surface area (Å²) in [6, 6.07) is 0. The minimum absolute atomic E-state index is 0.443. The topological polar surface area (TPSA) is 57.9 Å². The van der Waals surface area contributed by atoms with Crippen molar-refractivity contribution in [2.24, 2.45) is 0 Å². The zero-order valence-corrected chi connectivity index (χ0v) is 12.3. The van der Waals surface area contributed by atoms with E-state index in [1.165, 1.54) is 0 Å². The van der Waals surface area contributed by atoms with E-state index in [0.29, 0.717) is 42.6 Å². The van der Waals surface area contributed by atoms with Crippen LogP contribution in [0.15, 0.2) is 23.2 Å². The second-order valence-electron chi connectivity index (χ2n) is 3.83. The van der Waals surface area contributed by atoms with Crippen molar-refractivity contribution < 1.29 is 14.2 Å². The van der Waals surface area contributed by atoms with E-state index in [1.54, 1.807) is 13.3 Å². The van der Waals surface area contributed by atoms with Gasteiger partial charge in [-0.2, -0.15) is 0 Å². The maximum Gasteiger partial charge on any atom is 0.259 e. The van der Waals surface area contributed by atoms with Gasteiger partial charge >= 0.3 is 0 Å². The van der Waals surface area contributed by atoms with Crippen LogP contribution in [0.4, 0.5) is 0 Å². The highest BCUT2D eigenvalue weighted by Gasteiger charge is 2.07. The van der Waals surface area contributed by atoms with Crippen molar-refractivity contribution in [2.45, 2.75) is 6.42 Å². The van der Waals surface area contributed by atoms with Crippen molar-refractivity contribution in [2.75, 3.05) is 33.5 Å². The molecule has 0 amide bonds. The normalized spacial score (nSPS) is 11.1. The van der Waals surface area contributed by atoms with Crippen LogP contribution >= 0.6 is 15.9 Å². The Kier molecular flexibility index (Phi) is 5.56. The Morgan fingerprint density at radius 3 is 3.00 bits per heavy atom. The number of fused-ring (bicyclic) bond motifs is 1. The molecule has 0 saturated heterocycles. The smallest absolute Gasteiger partial charge is 0.259 e. The van der Waals surface area contributed by atoms with Crippen LogP contribution in [0.25, 0.3) is 5.65 Å². The number of imidazole rings is 1. The Bertz CT molecular complexity index is 518. The molecule has 19 heavy (non-hydrogen) atoms. The molecule has 0 aliphatic carbocycles. The average molecular weight is 330 g/mol. The predicted molar refractivity (Wildman–Crippen MR) is 73.5 cm³/mol. The van der Waals surface area contributed by atoms with Gasteiger partial charge in [0.15, 0.2) is 0 Å². The SMILES string of the molecule is COCCCOCCOc1nc(Br)cn2ccnc12. The quantitative estimate of drug-likeness (QED) is 0.692. The second kappa shape index (κ2) is 7.42. The lowest BCUT2D eigenvalue weighted by Crippen LogP contribution is -2.10. The minimum atomic E-state index is 0.443. The monoisotopic (exact) mass is 329 g/mol. The summed E-state index contributed by atoms with van der Waals surface area (Å²) in [5, 5.41) is 0. The Morgan fingerprint density at radius 2 is 2.16 bits per heavy atom. The van der Waals surface area contributed by atoms with E-state index < -0.39 is 0 Å². The molecular weight excluding hydrogens is 314 g/mol. The molecule has 0 spiro atoms. The molecule has 0 fully saturated rings. The van der Waals surface area contributed by atoms with E-state index >= 15 is 0 Å². The van der Waals surface area contributed by atoms with Crippen LogP contribution in [0.2, 0.25) is 0 Å². The van der Waals surface area contributed by atoms with E-state index in [1.807, 2.05) is 16.8 Å². The average Bonchev–Trinajstić information content (AvgIpc) is 2.85. The highest BCUT2D eigenvalue weighted by Crippen LogP contribution is 2.18. The van der Waals surface area contributed by atoms with Crippen LogP contribution in [-0.2, 0) is 9.47 Å². The molecule has 0 bridgehead atoms. The van der Waals surface area contributed by atoms with Crippen molar-refractivity contribution in [3.05, 3.63) is 23.2 Å². The standard InChI is InChI=1S/C12H16BrN3O3/c1-17-5-2-6-18-7-8-19-12-11-14-3-4-16(11)9-10(13)15-12/h3-4,9H,2,5-8H2,1H3. The molecule has 0 saturated carbocycles. The van der Waals surface area contributed by atoms with E-state index in [-0.39, 0.29) is 0 Å². The van der Waals surface area contributed by atoms with Gasteiger partial charge in [0, 0.05) is 38.9 Å². The van der Waals surface area contributed by atoms with Gasteiger partial charge in [0.05, 0.1) is 6.61 Å².